The molecule has 7 nitrogen and oxygen atoms in total. The predicted molar refractivity (Wildman–Crippen MR) is 75.7 cm³/mol. The van der Waals surface area contributed by atoms with Crippen LogP contribution in [0.3, 0.4) is 0 Å². The van der Waals surface area contributed by atoms with E-state index in [9.17, 15) is 19.7 Å². The van der Waals surface area contributed by atoms with Crippen LogP contribution in [0.25, 0.3) is 0 Å². The topological polar surface area (TPSA) is 98.5 Å². The van der Waals surface area contributed by atoms with Gasteiger partial charge in [-0.3, -0.25) is 10.1 Å². The fourth-order valence-electron chi connectivity index (χ4n) is 1.71. The number of hydrogen-bond donors (Lipinski definition) is 1. The summed E-state index contributed by atoms with van der Waals surface area (Å²) in [4.78, 5) is 32.4. The highest BCUT2D eigenvalue weighted by Crippen LogP contribution is 2.12. The summed E-state index contributed by atoms with van der Waals surface area (Å²) in [6.45, 7) is 3.87. The Bertz CT molecular complexity index is 499. The molecule has 21 heavy (non-hydrogen) atoms. The van der Waals surface area contributed by atoms with Crippen molar-refractivity contribution in [2.45, 2.75) is 32.9 Å². The summed E-state index contributed by atoms with van der Waals surface area (Å²) in [7, 11) is 0. The molecule has 0 spiro atoms. The Balaban J connectivity index is 2.45. The summed E-state index contributed by atoms with van der Waals surface area (Å²) >= 11 is 0. The quantitative estimate of drug-likeness (QED) is 0.473. The van der Waals surface area contributed by atoms with Crippen molar-refractivity contribution in [1.82, 2.24) is 5.32 Å². The lowest BCUT2D eigenvalue weighted by Crippen LogP contribution is -2.37. The van der Waals surface area contributed by atoms with Gasteiger partial charge in [0.1, 0.15) is 12.9 Å². The van der Waals surface area contributed by atoms with Crippen LogP contribution in [0.15, 0.2) is 24.3 Å². The van der Waals surface area contributed by atoms with Crippen LogP contribution in [0.2, 0.25) is 0 Å². The number of amides is 1. The fourth-order valence-corrected chi connectivity index (χ4v) is 1.71. The molecule has 1 aromatic rings. The minimum Gasteiger partial charge on any atom is -0.445 e. The highest BCUT2D eigenvalue weighted by atomic mass is 16.6. The molecule has 1 N–H and O–H groups in total. The lowest BCUT2D eigenvalue weighted by molar-refractivity contribution is -0.384. The van der Waals surface area contributed by atoms with Gasteiger partial charge in [-0.1, -0.05) is 13.8 Å². The van der Waals surface area contributed by atoms with Crippen molar-refractivity contribution in [3.8, 4) is 0 Å². The van der Waals surface area contributed by atoms with E-state index < -0.39 is 17.1 Å². The van der Waals surface area contributed by atoms with Crippen LogP contribution < -0.4 is 5.32 Å². The third-order valence-electron chi connectivity index (χ3n) is 2.71. The van der Waals surface area contributed by atoms with Crippen LogP contribution >= 0.6 is 0 Å². The van der Waals surface area contributed by atoms with Crippen LogP contribution in [0.1, 0.15) is 25.8 Å². The summed E-state index contributed by atoms with van der Waals surface area (Å²) < 4.78 is 4.96. The molecular weight excluding hydrogens is 276 g/mol. The number of carbonyl (C=O) groups is 2. The largest absolute Gasteiger partial charge is 0.445 e. The maximum atomic E-state index is 11.5. The van der Waals surface area contributed by atoms with Crippen LogP contribution in [-0.2, 0) is 16.1 Å². The number of benzene rings is 1. The molecule has 0 saturated heterocycles. The second-order valence-electron chi connectivity index (χ2n) is 5.02. The molecule has 0 aliphatic heterocycles. The molecule has 0 bridgehead atoms. The van der Waals surface area contributed by atoms with Gasteiger partial charge in [0, 0.05) is 12.1 Å². The first-order valence-corrected chi connectivity index (χ1v) is 6.54. The van der Waals surface area contributed by atoms with Crippen LogP contribution in [-0.4, -0.2) is 23.3 Å². The number of rotatable bonds is 7. The van der Waals surface area contributed by atoms with E-state index in [0.29, 0.717) is 18.3 Å². The number of alkyl carbamates (subject to hydrolysis) is 1. The molecule has 114 valence electrons. The van der Waals surface area contributed by atoms with Gasteiger partial charge < -0.3 is 14.8 Å². The average molecular weight is 294 g/mol. The summed E-state index contributed by atoms with van der Waals surface area (Å²) in [5.41, 5.74) is 0.600. The van der Waals surface area contributed by atoms with Gasteiger partial charge in [0.05, 0.1) is 11.0 Å². The Labute approximate surface area is 122 Å². The number of ether oxygens (including phenoxy) is 1. The molecule has 0 unspecified atom stereocenters. The standard InChI is InChI=1S/C14H18N2O5/c1-10(2)7-12(8-17)15-14(18)21-9-11-3-5-13(6-4-11)16(19)20/h3-6,8,10,12H,7,9H2,1-2H3,(H,15,18)/t12-/m0/s1. The summed E-state index contributed by atoms with van der Waals surface area (Å²) in [6.07, 6.45) is 0.523. The minimum absolute atomic E-state index is 0.0168. The number of hydrogen-bond acceptors (Lipinski definition) is 5. The van der Waals surface area contributed by atoms with Crippen LogP contribution in [0.5, 0.6) is 0 Å². The zero-order valence-corrected chi connectivity index (χ0v) is 11.9. The molecule has 0 aliphatic rings. The number of nitrogens with one attached hydrogen (secondary N) is 1. The number of aldehydes is 1. The zero-order chi connectivity index (χ0) is 15.8. The van der Waals surface area contributed by atoms with E-state index in [1.807, 2.05) is 13.8 Å². The van der Waals surface area contributed by atoms with Crippen molar-refractivity contribution in [3.63, 3.8) is 0 Å². The number of carbonyl (C=O) groups excluding carboxylic acids is 2. The van der Waals surface area contributed by atoms with Gasteiger partial charge in [-0.25, -0.2) is 4.79 Å². The van der Waals surface area contributed by atoms with Gasteiger partial charge in [-0.15, -0.1) is 0 Å². The molecule has 1 amide bonds. The van der Waals surface area contributed by atoms with E-state index in [4.69, 9.17) is 4.74 Å². The molecule has 0 aliphatic carbocycles. The Morgan fingerprint density at radius 3 is 2.48 bits per heavy atom. The summed E-state index contributed by atoms with van der Waals surface area (Å²) in [5.74, 6) is 0.273. The van der Waals surface area contributed by atoms with Gasteiger partial charge >= 0.3 is 6.09 Å². The Morgan fingerprint density at radius 2 is 2.00 bits per heavy atom. The summed E-state index contributed by atoms with van der Waals surface area (Å²) in [5, 5.41) is 13.0. The zero-order valence-electron chi connectivity index (χ0n) is 11.9. The van der Waals surface area contributed by atoms with Crippen molar-refractivity contribution in [2.75, 3.05) is 0 Å². The van der Waals surface area contributed by atoms with Crippen LogP contribution in [0.4, 0.5) is 10.5 Å². The lowest BCUT2D eigenvalue weighted by atomic mass is 10.1. The smallest absolute Gasteiger partial charge is 0.408 e. The molecular formula is C14H18N2O5. The van der Waals surface area contributed by atoms with Crippen molar-refractivity contribution in [3.05, 3.63) is 39.9 Å². The predicted octanol–water partition coefficient (Wildman–Crippen LogP) is 2.43. The molecule has 0 radical (unpaired) electrons. The summed E-state index contributed by atoms with van der Waals surface area (Å²) in [6, 6.07) is 5.12. The maximum absolute atomic E-state index is 11.5. The van der Waals surface area contributed by atoms with E-state index in [-0.39, 0.29) is 18.2 Å². The highest BCUT2D eigenvalue weighted by molar-refractivity contribution is 5.73. The molecule has 0 heterocycles. The van der Waals surface area contributed by atoms with Crippen molar-refractivity contribution < 1.29 is 19.2 Å². The van der Waals surface area contributed by atoms with Crippen LogP contribution in [0, 0.1) is 16.0 Å². The monoisotopic (exact) mass is 294 g/mol. The number of nitro benzene ring substituents is 1. The first-order chi connectivity index (χ1) is 9.92. The van der Waals surface area contributed by atoms with Crippen molar-refractivity contribution in [2.24, 2.45) is 5.92 Å². The average Bonchev–Trinajstić information content (AvgIpc) is 2.44. The molecule has 0 fully saturated rings. The van der Waals surface area contributed by atoms with Gasteiger partial charge in [0.25, 0.3) is 5.69 Å². The normalized spacial score (nSPS) is 11.8. The van der Waals surface area contributed by atoms with Gasteiger partial charge in [0.15, 0.2) is 0 Å². The van der Waals surface area contributed by atoms with E-state index in [1.54, 1.807) is 0 Å². The number of non-ortho nitro benzene ring substituents is 1. The van der Waals surface area contributed by atoms with E-state index in [2.05, 4.69) is 5.32 Å². The highest BCUT2D eigenvalue weighted by Gasteiger charge is 2.14. The third-order valence-corrected chi connectivity index (χ3v) is 2.71. The molecule has 7 heteroatoms. The maximum Gasteiger partial charge on any atom is 0.408 e. The Kier molecular flexibility index (Phi) is 6.32. The van der Waals surface area contributed by atoms with Gasteiger partial charge in [-0.2, -0.15) is 0 Å². The Morgan fingerprint density at radius 1 is 1.38 bits per heavy atom. The van der Waals surface area contributed by atoms with Crippen molar-refractivity contribution >= 4 is 18.1 Å². The first-order valence-electron chi connectivity index (χ1n) is 6.54. The van der Waals surface area contributed by atoms with E-state index in [1.165, 1.54) is 24.3 Å². The second kappa shape index (κ2) is 7.98. The van der Waals surface area contributed by atoms with E-state index >= 15 is 0 Å². The molecule has 0 aromatic heterocycles. The first kappa shape index (κ1) is 16.6. The van der Waals surface area contributed by atoms with Gasteiger partial charge in [0.2, 0.25) is 0 Å². The number of nitrogens with zero attached hydrogens (tertiary/aromatic N) is 1. The minimum atomic E-state index is -0.689. The van der Waals surface area contributed by atoms with Gasteiger partial charge in [-0.05, 0) is 30.0 Å². The lowest BCUT2D eigenvalue weighted by Gasteiger charge is -2.14. The van der Waals surface area contributed by atoms with E-state index in [0.717, 1.165) is 0 Å². The fraction of sp³-hybridized carbons (Fsp3) is 0.429. The molecule has 1 atom stereocenters. The SMILES string of the molecule is CC(C)C[C@@H](C=O)NC(=O)OCc1ccc([N+](=O)[O-])cc1. The number of nitro groups is 1. The molecule has 1 aromatic carbocycles. The second-order valence-corrected chi connectivity index (χ2v) is 5.02. The third kappa shape index (κ3) is 6.03. The molecule has 0 saturated carbocycles. The molecule has 1 rings (SSSR count). The Hall–Kier alpha value is -2.44. The van der Waals surface area contributed by atoms with Crippen molar-refractivity contribution in [1.29, 1.82) is 0 Å².